The number of aliphatic hydroxyl groups is 1. The molecule has 6 heteroatoms. The molecule has 0 fully saturated rings. The van der Waals surface area contributed by atoms with Gasteiger partial charge in [0.2, 0.25) is 0 Å². The van der Waals surface area contributed by atoms with Gasteiger partial charge in [-0.05, 0) is 22.9 Å². The lowest BCUT2D eigenvalue weighted by atomic mass is 10.4. The molecule has 74 valence electrons. The minimum absolute atomic E-state index is 0.359. The molecule has 0 aliphatic heterocycles. The van der Waals surface area contributed by atoms with Crippen molar-refractivity contribution in [3.8, 4) is 0 Å². The van der Waals surface area contributed by atoms with Gasteiger partial charge in [-0.1, -0.05) is 0 Å². The molecule has 2 aromatic rings. The molecule has 0 unspecified atom stereocenters. The lowest BCUT2D eigenvalue weighted by molar-refractivity contribution is 0.204. The van der Waals surface area contributed by atoms with E-state index < -0.39 is 12.5 Å². The van der Waals surface area contributed by atoms with Gasteiger partial charge >= 0.3 is 5.76 Å². The Kier molecular flexibility index (Phi) is 2.16. The van der Waals surface area contributed by atoms with E-state index in [-0.39, 0.29) is 0 Å². The van der Waals surface area contributed by atoms with E-state index in [4.69, 9.17) is 9.52 Å². The maximum absolute atomic E-state index is 11.2. The number of aliphatic hydroxyl groups excluding tert-OH is 1. The Hall–Kier alpha value is -1.14. The van der Waals surface area contributed by atoms with Gasteiger partial charge in [0, 0.05) is 10.5 Å². The molecule has 1 N–H and O–H groups in total. The van der Waals surface area contributed by atoms with Crippen molar-refractivity contribution in [3.63, 3.8) is 0 Å². The highest BCUT2D eigenvalue weighted by Crippen LogP contribution is 2.19. The first-order valence-electron chi connectivity index (χ1n) is 3.91. The van der Waals surface area contributed by atoms with Gasteiger partial charge in [-0.3, -0.25) is 0 Å². The predicted molar refractivity (Wildman–Crippen MR) is 52.9 cm³/mol. The van der Waals surface area contributed by atoms with Crippen molar-refractivity contribution in [2.75, 3.05) is 0 Å². The second-order valence-electron chi connectivity index (χ2n) is 2.81. The van der Waals surface area contributed by atoms with Crippen LogP contribution >= 0.6 is 15.9 Å². The van der Waals surface area contributed by atoms with Crippen LogP contribution in [-0.4, -0.2) is 14.7 Å². The third-order valence-electron chi connectivity index (χ3n) is 1.91. The third kappa shape index (κ3) is 1.27. The van der Waals surface area contributed by atoms with Crippen molar-refractivity contribution >= 4 is 27.2 Å². The number of rotatable bonds is 1. The molecule has 0 amide bonds. The van der Waals surface area contributed by atoms with Gasteiger partial charge in [0.05, 0.1) is 5.69 Å². The molecule has 0 spiro atoms. The maximum atomic E-state index is 11.2. The first-order chi connectivity index (χ1) is 6.63. The van der Waals surface area contributed by atoms with Gasteiger partial charge < -0.3 is 9.52 Å². The quantitative estimate of drug-likeness (QED) is 0.829. The van der Waals surface area contributed by atoms with Gasteiger partial charge in [0.25, 0.3) is 0 Å². The molecule has 5 nitrogen and oxygen atoms in total. The van der Waals surface area contributed by atoms with Gasteiger partial charge in [-0.15, -0.1) is 0 Å². The Balaban J connectivity index is 2.89. The zero-order chi connectivity index (χ0) is 10.3. The van der Waals surface area contributed by atoms with Crippen molar-refractivity contribution in [3.05, 3.63) is 26.8 Å². The molecule has 0 aliphatic carbocycles. The Morgan fingerprint density at radius 1 is 1.71 bits per heavy atom. The number of halogens is 1. The molecular formula is C8H7BrN2O3. The fourth-order valence-electron chi connectivity index (χ4n) is 1.18. The average molecular weight is 259 g/mol. The molecule has 0 aliphatic rings. The SMILES string of the molecule is Cc1nc2c(cc1Br)oc(=O)n2CO. The van der Waals surface area contributed by atoms with E-state index in [1.54, 1.807) is 13.0 Å². The van der Waals surface area contributed by atoms with Crippen LogP contribution in [0.25, 0.3) is 11.2 Å². The molecule has 0 radical (unpaired) electrons. The second-order valence-corrected chi connectivity index (χ2v) is 3.67. The van der Waals surface area contributed by atoms with Crippen molar-refractivity contribution in [2.24, 2.45) is 0 Å². The highest BCUT2D eigenvalue weighted by Gasteiger charge is 2.11. The number of nitrogens with zero attached hydrogens (tertiary/aromatic N) is 2. The molecule has 0 saturated carbocycles. The van der Waals surface area contributed by atoms with E-state index in [9.17, 15) is 4.79 Å². The van der Waals surface area contributed by atoms with Crippen molar-refractivity contribution in [1.82, 2.24) is 9.55 Å². The second kappa shape index (κ2) is 3.21. The monoisotopic (exact) mass is 258 g/mol. The van der Waals surface area contributed by atoms with E-state index in [1.807, 2.05) is 0 Å². The summed E-state index contributed by atoms with van der Waals surface area (Å²) in [5.74, 6) is -0.604. The largest absolute Gasteiger partial charge is 0.423 e. The number of oxazole rings is 1. The number of fused-ring (bicyclic) bond motifs is 1. The third-order valence-corrected chi connectivity index (χ3v) is 2.71. The smallest absolute Gasteiger partial charge is 0.406 e. The zero-order valence-electron chi connectivity index (χ0n) is 7.32. The first-order valence-corrected chi connectivity index (χ1v) is 4.70. The lowest BCUT2D eigenvalue weighted by Crippen LogP contribution is -2.14. The topological polar surface area (TPSA) is 68.3 Å². The Labute approximate surface area is 87.1 Å². The number of hydrogen-bond donors (Lipinski definition) is 1. The summed E-state index contributed by atoms with van der Waals surface area (Å²) in [4.78, 5) is 15.3. The van der Waals surface area contributed by atoms with E-state index >= 15 is 0 Å². The Morgan fingerprint density at radius 2 is 2.43 bits per heavy atom. The summed E-state index contributed by atoms with van der Waals surface area (Å²) in [5, 5.41) is 8.92. The van der Waals surface area contributed by atoms with E-state index in [0.29, 0.717) is 11.2 Å². The van der Waals surface area contributed by atoms with Crippen LogP contribution in [0.2, 0.25) is 0 Å². The fourth-order valence-corrected chi connectivity index (χ4v) is 1.48. The van der Waals surface area contributed by atoms with E-state index in [0.717, 1.165) is 14.7 Å². The zero-order valence-corrected chi connectivity index (χ0v) is 8.91. The van der Waals surface area contributed by atoms with Crippen molar-refractivity contribution in [2.45, 2.75) is 13.7 Å². The lowest BCUT2D eigenvalue weighted by Gasteiger charge is -1.97. The van der Waals surface area contributed by atoms with Crippen LogP contribution in [0.4, 0.5) is 0 Å². The summed E-state index contributed by atoms with van der Waals surface area (Å²) in [7, 11) is 0. The van der Waals surface area contributed by atoms with Crippen LogP contribution in [0.5, 0.6) is 0 Å². The summed E-state index contributed by atoms with van der Waals surface area (Å²) >= 11 is 3.28. The minimum atomic E-state index is -0.604. The standard InChI is InChI=1S/C8H7BrN2O3/c1-4-5(9)2-6-7(10-4)11(3-12)8(13)14-6/h2,12H,3H2,1H3. The first kappa shape index (κ1) is 9.42. The highest BCUT2D eigenvalue weighted by molar-refractivity contribution is 9.10. The summed E-state index contributed by atoms with van der Waals surface area (Å²) < 4.78 is 6.71. The molecular weight excluding hydrogens is 252 g/mol. The molecule has 2 rings (SSSR count). The average Bonchev–Trinajstić information content (AvgIpc) is 2.42. The van der Waals surface area contributed by atoms with Crippen LogP contribution in [0.1, 0.15) is 5.69 Å². The molecule has 2 aromatic heterocycles. The maximum Gasteiger partial charge on any atom is 0.423 e. The molecule has 2 heterocycles. The van der Waals surface area contributed by atoms with Crippen LogP contribution in [0.15, 0.2) is 19.8 Å². The summed E-state index contributed by atoms with van der Waals surface area (Å²) in [6.07, 6.45) is 0. The van der Waals surface area contributed by atoms with Gasteiger partial charge in [-0.2, -0.15) is 0 Å². The van der Waals surface area contributed by atoms with Crippen LogP contribution in [0, 0.1) is 6.92 Å². The number of aryl methyl sites for hydroxylation is 1. The van der Waals surface area contributed by atoms with Crippen molar-refractivity contribution < 1.29 is 9.52 Å². The van der Waals surface area contributed by atoms with E-state index in [2.05, 4.69) is 20.9 Å². The summed E-state index contributed by atoms with van der Waals surface area (Å²) in [5.41, 5.74) is 1.46. The molecule has 0 saturated heterocycles. The Morgan fingerprint density at radius 3 is 3.07 bits per heavy atom. The summed E-state index contributed by atoms with van der Waals surface area (Å²) in [6.45, 7) is 1.36. The number of hydrogen-bond acceptors (Lipinski definition) is 4. The number of aromatic nitrogens is 2. The van der Waals surface area contributed by atoms with Gasteiger partial charge in [-0.25, -0.2) is 14.3 Å². The van der Waals surface area contributed by atoms with Crippen LogP contribution in [0.3, 0.4) is 0 Å². The highest BCUT2D eigenvalue weighted by atomic mass is 79.9. The molecule has 0 atom stereocenters. The van der Waals surface area contributed by atoms with Gasteiger partial charge in [0.1, 0.15) is 6.73 Å². The van der Waals surface area contributed by atoms with Gasteiger partial charge in [0.15, 0.2) is 11.2 Å². The Bertz CT molecular complexity index is 543. The van der Waals surface area contributed by atoms with Crippen LogP contribution in [-0.2, 0) is 6.73 Å². The normalized spacial score (nSPS) is 11.1. The molecule has 0 bridgehead atoms. The predicted octanol–water partition coefficient (Wildman–Crippen LogP) is 1.01. The molecule has 14 heavy (non-hydrogen) atoms. The molecule has 0 aromatic carbocycles. The fraction of sp³-hybridized carbons (Fsp3) is 0.250. The summed E-state index contributed by atoms with van der Waals surface area (Å²) in [6, 6.07) is 1.66. The van der Waals surface area contributed by atoms with Crippen LogP contribution < -0.4 is 5.76 Å². The van der Waals surface area contributed by atoms with E-state index in [1.165, 1.54) is 0 Å². The number of pyridine rings is 1. The minimum Gasteiger partial charge on any atom is -0.406 e. The van der Waals surface area contributed by atoms with Crippen molar-refractivity contribution in [1.29, 1.82) is 0 Å².